The Morgan fingerprint density at radius 1 is 1.23 bits per heavy atom. The average molecular weight is 456 g/mol. The number of amides is 1. The van der Waals surface area contributed by atoms with Gasteiger partial charge in [-0.1, -0.05) is 20.8 Å². The van der Waals surface area contributed by atoms with Crippen LogP contribution in [0.2, 0.25) is 0 Å². The Morgan fingerprint density at radius 2 is 1.90 bits per heavy atom. The van der Waals surface area contributed by atoms with E-state index in [2.05, 4.69) is 0 Å². The standard InChI is InChI=1S/C23H34FNO5S/c1-23(2,3)15-30-22(26)25-10-7-16(8-11-25)19-13-17(19)9-12-29-18-5-6-21(20(24)14-18)31(4,27)28/h5-6,14,16-17,19H,7-13,15H2,1-4H3/t17-,19-/m1/s1. The van der Waals surface area contributed by atoms with Gasteiger partial charge in [-0.3, -0.25) is 0 Å². The van der Waals surface area contributed by atoms with Crippen LogP contribution in [-0.4, -0.2) is 52.0 Å². The van der Waals surface area contributed by atoms with Crippen molar-refractivity contribution in [2.45, 2.75) is 51.3 Å². The van der Waals surface area contributed by atoms with Gasteiger partial charge in [-0.15, -0.1) is 0 Å². The van der Waals surface area contributed by atoms with Crippen LogP contribution in [0.15, 0.2) is 23.1 Å². The van der Waals surface area contributed by atoms with Gasteiger partial charge in [0.15, 0.2) is 9.84 Å². The number of carbonyl (C=O) groups is 1. The molecule has 1 aromatic rings. The minimum Gasteiger partial charge on any atom is -0.493 e. The molecule has 0 bridgehead atoms. The number of benzene rings is 1. The van der Waals surface area contributed by atoms with E-state index in [1.165, 1.54) is 18.6 Å². The van der Waals surface area contributed by atoms with Gasteiger partial charge in [0, 0.05) is 25.4 Å². The SMILES string of the molecule is CC(C)(C)COC(=O)N1CCC([C@H]2C[C@H]2CCOc2ccc(S(C)(=O)=O)c(F)c2)CC1. The lowest BCUT2D eigenvalue weighted by atomic mass is 9.90. The number of piperidine rings is 1. The normalized spacial score (nSPS) is 22.3. The van der Waals surface area contributed by atoms with E-state index in [-0.39, 0.29) is 16.4 Å². The van der Waals surface area contributed by atoms with E-state index in [0.717, 1.165) is 44.7 Å². The fourth-order valence-electron chi connectivity index (χ4n) is 4.26. The van der Waals surface area contributed by atoms with Gasteiger partial charge in [0.1, 0.15) is 16.5 Å². The molecule has 1 amide bonds. The van der Waals surface area contributed by atoms with Crippen molar-refractivity contribution in [3.8, 4) is 5.75 Å². The number of sulfone groups is 1. The van der Waals surface area contributed by atoms with Crippen LogP contribution in [0.25, 0.3) is 0 Å². The van der Waals surface area contributed by atoms with Crippen molar-refractivity contribution < 1.29 is 27.1 Å². The van der Waals surface area contributed by atoms with Crippen LogP contribution in [0.1, 0.15) is 46.5 Å². The van der Waals surface area contributed by atoms with Crippen molar-refractivity contribution in [3.63, 3.8) is 0 Å². The molecule has 1 aliphatic carbocycles. The van der Waals surface area contributed by atoms with Crippen molar-refractivity contribution in [1.82, 2.24) is 4.90 Å². The summed E-state index contributed by atoms with van der Waals surface area (Å²) in [7, 11) is -3.58. The Labute approximate surface area is 185 Å². The number of hydrogen-bond acceptors (Lipinski definition) is 5. The third-order valence-electron chi connectivity index (χ3n) is 6.07. The summed E-state index contributed by atoms with van der Waals surface area (Å²) in [5.41, 5.74) is -0.0290. The van der Waals surface area contributed by atoms with E-state index in [1.54, 1.807) is 0 Å². The first-order valence-electron chi connectivity index (χ1n) is 11.0. The zero-order valence-electron chi connectivity index (χ0n) is 18.9. The van der Waals surface area contributed by atoms with Gasteiger partial charge in [0.25, 0.3) is 0 Å². The minimum atomic E-state index is -3.58. The molecule has 174 valence electrons. The molecule has 0 N–H and O–H groups in total. The van der Waals surface area contributed by atoms with Gasteiger partial charge in [0.2, 0.25) is 0 Å². The summed E-state index contributed by atoms with van der Waals surface area (Å²) in [4.78, 5) is 13.7. The van der Waals surface area contributed by atoms with Crippen LogP contribution in [0.3, 0.4) is 0 Å². The van der Waals surface area contributed by atoms with E-state index < -0.39 is 15.7 Å². The molecule has 1 saturated heterocycles. The molecule has 0 unspecified atom stereocenters. The molecule has 2 atom stereocenters. The lowest BCUT2D eigenvalue weighted by molar-refractivity contribution is 0.0602. The number of nitrogens with zero attached hydrogens (tertiary/aromatic N) is 1. The summed E-state index contributed by atoms with van der Waals surface area (Å²) in [5, 5.41) is 0. The minimum absolute atomic E-state index is 0.0290. The summed E-state index contributed by atoms with van der Waals surface area (Å²) in [6.07, 6.45) is 4.86. The molecule has 6 nitrogen and oxygen atoms in total. The monoisotopic (exact) mass is 455 g/mol. The summed E-state index contributed by atoms with van der Waals surface area (Å²) in [6.45, 7) is 8.55. The molecule has 2 fully saturated rings. The summed E-state index contributed by atoms with van der Waals surface area (Å²) in [6, 6.07) is 3.88. The van der Waals surface area contributed by atoms with Crippen LogP contribution in [0, 0.1) is 29.0 Å². The van der Waals surface area contributed by atoms with Gasteiger partial charge in [-0.25, -0.2) is 17.6 Å². The number of hydrogen-bond donors (Lipinski definition) is 0. The maximum atomic E-state index is 13.9. The fourth-order valence-corrected chi connectivity index (χ4v) is 4.99. The summed E-state index contributed by atoms with van der Waals surface area (Å²) >= 11 is 0. The van der Waals surface area contributed by atoms with Crippen LogP contribution in [-0.2, 0) is 14.6 Å². The predicted octanol–water partition coefficient (Wildman–Crippen LogP) is 4.53. The third-order valence-corrected chi connectivity index (χ3v) is 7.20. The van der Waals surface area contributed by atoms with Crippen molar-refractivity contribution in [1.29, 1.82) is 0 Å². The summed E-state index contributed by atoms with van der Waals surface area (Å²) in [5.74, 6) is 1.47. The van der Waals surface area contributed by atoms with E-state index in [4.69, 9.17) is 9.47 Å². The lowest BCUT2D eigenvalue weighted by Gasteiger charge is -2.32. The first-order valence-corrected chi connectivity index (χ1v) is 12.9. The molecule has 1 saturated carbocycles. The molecule has 0 spiro atoms. The van der Waals surface area contributed by atoms with Crippen molar-refractivity contribution in [2.75, 3.05) is 32.6 Å². The maximum absolute atomic E-state index is 13.9. The second-order valence-corrected chi connectivity index (χ2v) is 12.1. The Hall–Kier alpha value is -1.83. The Kier molecular flexibility index (Phi) is 7.18. The Balaban J connectivity index is 1.36. The first kappa shape index (κ1) is 23.8. The fraction of sp³-hybridized carbons (Fsp3) is 0.696. The number of likely N-dealkylation sites (tertiary alicyclic amines) is 1. The molecule has 2 aliphatic rings. The van der Waals surface area contributed by atoms with E-state index >= 15 is 0 Å². The molecule has 1 aliphatic heterocycles. The third kappa shape index (κ3) is 6.82. The van der Waals surface area contributed by atoms with Gasteiger partial charge in [0.05, 0.1) is 13.2 Å². The maximum Gasteiger partial charge on any atom is 0.409 e. The van der Waals surface area contributed by atoms with Crippen molar-refractivity contribution in [2.24, 2.45) is 23.2 Å². The van der Waals surface area contributed by atoms with Gasteiger partial charge in [-0.2, -0.15) is 0 Å². The molecular weight excluding hydrogens is 421 g/mol. The number of halogens is 1. The number of carbonyl (C=O) groups excluding carboxylic acids is 1. The van der Waals surface area contributed by atoms with Gasteiger partial charge >= 0.3 is 6.09 Å². The van der Waals surface area contributed by atoms with Crippen LogP contribution >= 0.6 is 0 Å². The quantitative estimate of drug-likeness (QED) is 0.604. The largest absolute Gasteiger partial charge is 0.493 e. The highest BCUT2D eigenvalue weighted by atomic mass is 32.2. The highest BCUT2D eigenvalue weighted by molar-refractivity contribution is 7.90. The van der Waals surface area contributed by atoms with Crippen molar-refractivity contribution in [3.05, 3.63) is 24.0 Å². The average Bonchev–Trinajstić information content (AvgIpc) is 3.44. The van der Waals surface area contributed by atoms with E-state index in [1.807, 2.05) is 25.7 Å². The predicted molar refractivity (Wildman–Crippen MR) is 116 cm³/mol. The first-order chi connectivity index (χ1) is 14.4. The molecule has 31 heavy (non-hydrogen) atoms. The zero-order chi connectivity index (χ0) is 22.8. The topological polar surface area (TPSA) is 72.9 Å². The molecular formula is C23H34FNO5S. The van der Waals surface area contributed by atoms with Gasteiger partial charge in [-0.05, 0) is 61.0 Å². The highest BCUT2D eigenvalue weighted by Gasteiger charge is 2.43. The van der Waals surface area contributed by atoms with Gasteiger partial charge < -0.3 is 14.4 Å². The van der Waals surface area contributed by atoms with E-state index in [0.29, 0.717) is 36.7 Å². The Morgan fingerprint density at radius 3 is 2.48 bits per heavy atom. The molecule has 8 heteroatoms. The molecule has 3 rings (SSSR count). The smallest absolute Gasteiger partial charge is 0.409 e. The second kappa shape index (κ2) is 9.35. The molecule has 0 radical (unpaired) electrons. The van der Waals surface area contributed by atoms with Crippen molar-refractivity contribution >= 4 is 15.9 Å². The van der Waals surface area contributed by atoms with Crippen LogP contribution in [0.5, 0.6) is 5.75 Å². The molecule has 1 aromatic carbocycles. The van der Waals surface area contributed by atoms with E-state index in [9.17, 15) is 17.6 Å². The molecule has 1 heterocycles. The second-order valence-electron chi connectivity index (χ2n) is 10.1. The number of ether oxygens (including phenoxy) is 2. The summed E-state index contributed by atoms with van der Waals surface area (Å²) < 4.78 is 48.0. The Bertz CT molecular complexity index is 888. The molecule has 0 aromatic heterocycles. The number of rotatable bonds is 7. The zero-order valence-corrected chi connectivity index (χ0v) is 19.7. The highest BCUT2D eigenvalue weighted by Crippen LogP contribution is 2.49. The van der Waals surface area contributed by atoms with Crippen LogP contribution < -0.4 is 4.74 Å². The lowest BCUT2D eigenvalue weighted by Crippen LogP contribution is -2.40. The van der Waals surface area contributed by atoms with Crippen LogP contribution in [0.4, 0.5) is 9.18 Å².